The molecule has 2 rings (SSSR count). The highest BCUT2D eigenvalue weighted by Crippen LogP contribution is 2.24. The third-order valence-corrected chi connectivity index (χ3v) is 2.82. The molecule has 0 saturated carbocycles. The number of rotatable bonds is 1. The summed E-state index contributed by atoms with van der Waals surface area (Å²) in [4.78, 5) is 0. The second-order valence-corrected chi connectivity index (χ2v) is 3.71. The molecule has 0 saturated heterocycles. The van der Waals surface area contributed by atoms with E-state index in [4.69, 9.17) is 11.6 Å². The van der Waals surface area contributed by atoms with Crippen LogP contribution >= 0.6 is 27.5 Å². The van der Waals surface area contributed by atoms with Crippen LogP contribution in [0.3, 0.4) is 0 Å². The molecular weight excluding hydrogens is 253 g/mol. The Balaban J connectivity index is 2.49. The normalized spacial score (nSPS) is 10.3. The lowest BCUT2D eigenvalue weighted by Crippen LogP contribution is -1.94. The van der Waals surface area contributed by atoms with Crippen molar-refractivity contribution in [2.75, 3.05) is 0 Å². The van der Waals surface area contributed by atoms with Crippen molar-refractivity contribution in [1.29, 1.82) is 0 Å². The number of benzene rings is 1. The SMILES string of the molecule is Clc1cc(-n2ccnn2)ccc1Br. The van der Waals surface area contributed by atoms with Gasteiger partial charge in [-0.15, -0.1) is 5.10 Å². The highest BCUT2D eigenvalue weighted by atomic mass is 79.9. The Hall–Kier alpha value is -0.870. The molecule has 0 amide bonds. The lowest BCUT2D eigenvalue weighted by Gasteiger charge is -2.01. The Bertz CT molecular complexity index is 413. The topological polar surface area (TPSA) is 30.7 Å². The van der Waals surface area contributed by atoms with Crippen molar-refractivity contribution in [3.05, 3.63) is 40.1 Å². The molecule has 0 unspecified atom stereocenters. The molecular formula is C8H5BrClN3. The maximum absolute atomic E-state index is 5.92. The Morgan fingerprint density at radius 1 is 1.38 bits per heavy atom. The summed E-state index contributed by atoms with van der Waals surface area (Å²) in [6.45, 7) is 0. The molecule has 0 radical (unpaired) electrons. The molecule has 1 aromatic heterocycles. The first-order valence-electron chi connectivity index (χ1n) is 3.59. The molecule has 0 aliphatic carbocycles. The van der Waals surface area contributed by atoms with Gasteiger partial charge in [-0.25, -0.2) is 4.68 Å². The summed E-state index contributed by atoms with van der Waals surface area (Å²) >= 11 is 9.24. The summed E-state index contributed by atoms with van der Waals surface area (Å²) in [6.07, 6.45) is 3.38. The molecule has 0 aliphatic heterocycles. The Morgan fingerprint density at radius 2 is 2.23 bits per heavy atom. The first kappa shape index (κ1) is 8.72. The van der Waals surface area contributed by atoms with Crippen LogP contribution in [0.1, 0.15) is 0 Å². The molecule has 2 aromatic rings. The zero-order valence-electron chi connectivity index (χ0n) is 6.48. The molecule has 0 bridgehead atoms. The van der Waals surface area contributed by atoms with Crippen molar-refractivity contribution >= 4 is 27.5 Å². The zero-order chi connectivity index (χ0) is 9.26. The van der Waals surface area contributed by atoms with E-state index in [1.54, 1.807) is 17.1 Å². The quantitative estimate of drug-likeness (QED) is 0.787. The van der Waals surface area contributed by atoms with Gasteiger partial charge in [0.05, 0.1) is 23.1 Å². The summed E-state index contributed by atoms with van der Waals surface area (Å²) in [5.41, 5.74) is 0.894. The van der Waals surface area contributed by atoms with E-state index >= 15 is 0 Å². The highest BCUT2D eigenvalue weighted by Gasteiger charge is 2.00. The Kier molecular flexibility index (Phi) is 2.33. The molecule has 13 heavy (non-hydrogen) atoms. The van der Waals surface area contributed by atoms with Crippen LogP contribution in [0.4, 0.5) is 0 Å². The molecule has 0 fully saturated rings. The molecule has 0 spiro atoms. The van der Waals surface area contributed by atoms with E-state index in [9.17, 15) is 0 Å². The van der Waals surface area contributed by atoms with Crippen LogP contribution in [-0.2, 0) is 0 Å². The van der Waals surface area contributed by atoms with Crippen LogP contribution < -0.4 is 0 Å². The van der Waals surface area contributed by atoms with Crippen LogP contribution in [-0.4, -0.2) is 15.0 Å². The van der Waals surface area contributed by atoms with Crippen molar-refractivity contribution in [2.24, 2.45) is 0 Å². The summed E-state index contributed by atoms with van der Waals surface area (Å²) in [7, 11) is 0. The van der Waals surface area contributed by atoms with Crippen LogP contribution in [0.2, 0.25) is 5.02 Å². The van der Waals surface area contributed by atoms with Gasteiger partial charge in [-0.1, -0.05) is 16.8 Å². The van der Waals surface area contributed by atoms with Gasteiger partial charge in [0.25, 0.3) is 0 Å². The number of halogens is 2. The molecule has 1 heterocycles. The maximum atomic E-state index is 5.92. The van der Waals surface area contributed by atoms with Gasteiger partial charge in [-0.05, 0) is 34.1 Å². The third-order valence-electron chi connectivity index (χ3n) is 1.59. The fourth-order valence-electron chi connectivity index (χ4n) is 0.973. The Morgan fingerprint density at radius 3 is 2.85 bits per heavy atom. The van der Waals surface area contributed by atoms with E-state index in [1.165, 1.54) is 0 Å². The molecule has 5 heteroatoms. The predicted molar refractivity (Wildman–Crippen MR) is 54.1 cm³/mol. The first-order valence-corrected chi connectivity index (χ1v) is 4.76. The minimum absolute atomic E-state index is 0.660. The lowest BCUT2D eigenvalue weighted by molar-refractivity contribution is 0.803. The second-order valence-electron chi connectivity index (χ2n) is 2.45. The Labute approximate surface area is 88.5 Å². The van der Waals surface area contributed by atoms with Crippen molar-refractivity contribution in [3.8, 4) is 5.69 Å². The van der Waals surface area contributed by atoms with Gasteiger partial charge >= 0.3 is 0 Å². The number of nitrogens with zero attached hydrogens (tertiary/aromatic N) is 3. The smallest absolute Gasteiger partial charge is 0.0697 e. The second kappa shape index (κ2) is 3.47. The van der Waals surface area contributed by atoms with Gasteiger partial charge in [0.15, 0.2) is 0 Å². The number of hydrogen-bond donors (Lipinski definition) is 0. The summed E-state index contributed by atoms with van der Waals surface area (Å²) < 4.78 is 2.52. The molecule has 3 nitrogen and oxygen atoms in total. The molecule has 66 valence electrons. The van der Waals surface area contributed by atoms with Crippen LogP contribution in [0.15, 0.2) is 35.1 Å². The van der Waals surface area contributed by atoms with E-state index in [1.807, 2.05) is 18.2 Å². The fraction of sp³-hybridized carbons (Fsp3) is 0. The predicted octanol–water partition coefficient (Wildman–Crippen LogP) is 2.68. The highest BCUT2D eigenvalue weighted by molar-refractivity contribution is 9.10. The maximum Gasteiger partial charge on any atom is 0.0697 e. The van der Waals surface area contributed by atoms with Gasteiger partial charge in [0.2, 0.25) is 0 Å². The monoisotopic (exact) mass is 257 g/mol. The van der Waals surface area contributed by atoms with E-state index in [2.05, 4.69) is 26.2 Å². The van der Waals surface area contributed by atoms with Crippen LogP contribution in [0.5, 0.6) is 0 Å². The van der Waals surface area contributed by atoms with Crippen molar-refractivity contribution in [3.63, 3.8) is 0 Å². The molecule has 1 aromatic carbocycles. The van der Waals surface area contributed by atoms with E-state index in [0.717, 1.165) is 10.2 Å². The van der Waals surface area contributed by atoms with Crippen LogP contribution in [0.25, 0.3) is 5.69 Å². The number of aromatic nitrogens is 3. The van der Waals surface area contributed by atoms with E-state index in [-0.39, 0.29) is 0 Å². The van der Waals surface area contributed by atoms with E-state index < -0.39 is 0 Å². The number of hydrogen-bond acceptors (Lipinski definition) is 2. The summed E-state index contributed by atoms with van der Waals surface area (Å²) in [5, 5.41) is 8.22. The molecule has 0 N–H and O–H groups in total. The van der Waals surface area contributed by atoms with Crippen molar-refractivity contribution in [1.82, 2.24) is 15.0 Å². The largest absolute Gasteiger partial charge is 0.221 e. The van der Waals surface area contributed by atoms with Crippen molar-refractivity contribution < 1.29 is 0 Å². The van der Waals surface area contributed by atoms with Gasteiger partial charge in [0.1, 0.15) is 0 Å². The van der Waals surface area contributed by atoms with Crippen molar-refractivity contribution in [2.45, 2.75) is 0 Å². The first-order chi connectivity index (χ1) is 6.27. The third kappa shape index (κ3) is 1.73. The molecule has 0 aliphatic rings. The lowest BCUT2D eigenvalue weighted by atomic mass is 10.3. The standard InChI is InChI=1S/C8H5BrClN3/c9-7-2-1-6(5-8(7)10)13-4-3-11-12-13/h1-5H. The minimum Gasteiger partial charge on any atom is -0.221 e. The summed E-state index contributed by atoms with van der Waals surface area (Å²) in [6, 6.07) is 5.60. The van der Waals surface area contributed by atoms with Crippen LogP contribution in [0, 0.1) is 0 Å². The average Bonchev–Trinajstić information content (AvgIpc) is 2.62. The van der Waals surface area contributed by atoms with Gasteiger partial charge in [-0.3, -0.25) is 0 Å². The zero-order valence-corrected chi connectivity index (χ0v) is 8.83. The summed E-state index contributed by atoms with van der Waals surface area (Å²) in [5.74, 6) is 0. The molecule has 0 atom stereocenters. The van der Waals surface area contributed by atoms with Gasteiger partial charge < -0.3 is 0 Å². The minimum atomic E-state index is 0.660. The fourth-order valence-corrected chi connectivity index (χ4v) is 1.39. The average molecular weight is 259 g/mol. The van der Waals surface area contributed by atoms with E-state index in [0.29, 0.717) is 5.02 Å². The van der Waals surface area contributed by atoms with Gasteiger partial charge in [0, 0.05) is 4.47 Å². The van der Waals surface area contributed by atoms with Gasteiger partial charge in [-0.2, -0.15) is 0 Å².